The van der Waals surface area contributed by atoms with Gasteiger partial charge in [0.15, 0.2) is 0 Å². The number of aromatic nitrogens is 5. The Kier molecular flexibility index (Phi) is 4.94. The summed E-state index contributed by atoms with van der Waals surface area (Å²) in [5.41, 5.74) is 2.28. The van der Waals surface area contributed by atoms with Crippen LogP contribution in [0.5, 0.6) is 0 Å². The standard InChI is InChI=1S/C20H19N7O4S/c28-27(29)16-1-3-17(4-2-16)32(30,31)25-9-6-15(7-10-25)26-12-14(11-24-26)19-18-5-8-21-20(18)23-13-22-19/h1-5,8,11-13,15H,6-7,9-10H2,(H,21,22,23). The van der Waals surface area contributed by atoms with Crippen LogP contribution in [-0.2, 0) is 10.0 Å². The SMILES string of the molecule is O=[N+]([O-])c1ccc(S(=O)(=O)N2CCC(n3cc(-c4ncnc5[nH]ccc45)cn3)CC2)cc1. The van der Waals surface area contributed by atoms with Crippen molar-refractivity contribution in [2.24, 2.45) is 0 Å². The number of rotatable bonds is 5. The number of hydrogen-bond donors (Lipinski definition) is 1. The molecule has 0 amide bonds. The molecule has 32 heavy (non-hydrogen) atoms. The van der Waals surface area contributed by atoms with E-state index in [-0.39, 0.29) is 16.6 Å². The summed E-state index contributed by atoms with van der Waals surface area (Å²) in [4.78, 5) is 22.0. The zero-order valence-electron chi connectivity index (χ0n) is 16.8. The van der Waals surface area contributed by atoms with Crippen molar-refractivity contribution in [1.29, 1.82) is 0 Å². The van der Waals surface area contributed by atoms with Crippen molar-refractivity contribution in [3.05, 3.63) is 65.4 Å². The molecule has 164 valence electrons. The first kappa shape index (κ1) is 20.3. The maximum absolute atomic E-state index is 12.9. The highest BCUT2D eigenvalue weighted by molar-refractivity contribution is 7.89. The fourth-order valence-electron chi connectivity index (χ4n) is 4.00. The molecule has 1 fully saturated rings. The molecular formula is C20H19N7O4S. The van der Waals surface area contributed by atoms with E-state index in [1.165, 1.54) is 34.9 Å². The summed E-state index contributed by atoms with van der Waals surface area (Å²) in [7, 11) is -3.71. The van der Waals surface area contributed by atoms with Crippen molar-refractivity contribution in [3.63, 3.8) is 0 Å². The third-order valence-corrected chi connectivity index (χ3v) is 7.62. The van der Waals surface area contributed by atoms with Crippen LogP contribution in [0.15, 0.2) is 60.1 Å². The average molecular weight is 453 g/mol. The number of nitro groups is 1. The minimum absolute atomic E-state index is 0.0576. The van der Waals surface area contributed by atoms with Crippen LogP contribution in [0.2, 0.25) is 0 Å². The first-order valence-electron chi connectivity index (χ1n) is 10.0. The molecule has 12 heteroatoms. The highest BCUT2D eigenvalue weighted by atomic mass is 32.2. The maximum Gasteiger partial charge on any atom is 0.269 e. The van der Waals surface area contributed by atoms with E-state index in [1.54, 1.807) is 6.20 Å². The second kappa shape index (κ2) is 7.80. The molecule has 0 bridgehead atoms. The van der Waals surface area contributed by atoms with Gasteiger partial charge in [-0.2, -0.15) is 9.40 Å². The first-order valence-corrected chi connectivity index (χ1v) is 11.4. The Morgan fingerprint density at radius 1 is 1.09 bits per heavy atom. The van der Waals surface area contributed by atoms with Crippen molar-refractivity contribution in [1.82, 2.24) is 29.0 Å². The molecule has 0 aliphatic carbocycles. The topological polar surface area (TPSA) is 140 Å². The summed E-state index contributed by atoms with van der Waals surface area (Å²) in [6, 6.07) is 6.96. The zero-order chi connectivity index (χ0) is 22.3. The lowest BCUT2D eigenvalue weighted by molar-refractivity contribution is -0.384. The van der Waals surface area contributed by atoms with E-state index in [9.17, 15) is 18.5 Å². The number of H-pyrrole nitrogens is 1. The summed E-state index contributed by atoms with van der Waals surface area (Å²) in [6.07, 6.45) is 8.23. The molecule has 0 saturated carbocycles. The van der Waals surface area contributed by atoms with E-state index in [1.807, 2.05) is 23.1 Å². The van der Waals surface area contributed by atoms with Crippen LogP contribution in [0.1, 0.15) is 18.9 Å². The van der Waals surface area contributed by atoms with Crippen molar-refractivity contribution in [2.75, 3.05) is 13.1 Å². The molecule has 5 rings (SSSR count). The minimum Gasteiger partial charge on any atom is -0.346 e. The van der Waals surface area contributed by atoms with Gasteiger partial charge >= 0.3 is 0 Å². The molecule has 1 aliphatic heterocycles. The van der Waals surface area contributed by atoms with E-state index in [2.05, 4.69) is 20.1 Å². The van der Waals surface area contributed by atoms with Crippen LogP contribution in [-0.4, -0.2) is 55.5 Å². The second-order valence-electron chi connectivity index (χ2n) is 7.56. The molecule has 4 heterocycles. The molecule has 0 spiro atoms. The minimum atomic E-state index is -3.71. The quantitative estimate of drug-likeness (QED) is 0.362. The van der Waals surface area contributed by atoms with Crippen LogP contribution >= 0.6 is 0 Å². The van der Waals surface area contributed by atoms with Crippen molar-refractivity contribution in [3.8, 4) is 11.3 Å². The fourth-order valence-corrected chi connectivity index (χ4v) is 5.47. The van der Waals surface area contributed by atoms with E-state index < -0.39 is 14.9 Å². The van der Waals surface area contributed by atoms with Gasteiger partial charge < -0.3 is 4.98 Å². The van der Waals surface area contributed by atoms with Gasteiger partial charge in [0.25, 0.3) is 5.69 Å². The molecule has 4 aromatic rings. The van der Waals surface area contributed by atoms with E-state index >= 15 is 0 Å². The normalized spacial score (nSPS) is 15.9. The van der Waals surface area contributed by atoms with Crippen molar-refractivity contribution in [2.45, 2.75) is 23.8 Å². The zero-order valence-corrected chi connectivity index (χ0v) is 17.6. The largest absolute Gasteiger partial charge is 0.346 e. The maximum atomic E-state index is 12.9. The highest BCUT2D eigenvalue weighted by Crippen LogP contribution is 2.30. The van der Waals surface area contributed by atoms with Crippen LogP contribution in [0.3, 0.4) is 0 Å². The second-order valence-corrected chi connectivity index (χ2v) is 9.50. The van der Waals surface area contributed by atoms with Crippen LogP contribution in [0, 0.1) is 10.1 Å². The Balaban J connectivity index is 1.30. The van der Waals surface area contributed by atoms with Gasteiger partial charge in [-0.3, -0.25) is 14.8 Å². The number of sulfonamides is 1. The van der Waals surface area contributed by atoms with E-state index in [0.29, 0.717) is 25.9 Å². The van der Waals surface area contributed by atoms with Gasteiger partial charge in [-0.15, -0.1) is 0 Å². The lowest BCUT2D eigenvalue weighted by Crippen LogP contribution is -2.39. The molecular weight excluding hydrogens is 434 g/mol. The van der Waals surface area contributed by atoms with Gasteiger partial charge in [-0.25, -0.2) is 18.4 Å². The van der Waals surface area contributed by atoms with E-state index in [0.717, 1.165) is 22.3 Å². The predicted molar refractivity (Wildman–Crippen MR) is 115 cm³/mol. The fraction of sp³-hybridized carbons (Fsp3) is 0.250. The number of hydrogen-bond acceptors (Lipinski definition) is 7. The smallest absolute Gasteiger partial charge is 0.269 e. The number of nitrogens with one attached hydrogen (secondary N) is 1. The van der Waals surface area contributed by atoms with E-state index in [4.69, 9.17) is 0 Å². The van der Waals surface area contributed by atoms with Crippen molar-refractivity contribution >= 4 is 26.7 Å². The number of piperidine rings is 1. The van der Waals surface area contributed by atoms with Crippen LogP contribution < -0.4 is 0 Å². The Morgan fingerprint density at radius 3 is 2.56 bits per heavy atom. The van der Waals surface area contributed by atoms with Gasteiger partial charge in [-0.05, 0) is 31.0 Å². The Labute approximate surface area is 182 Å². The monoisotopic (exact) mass is 453 g/mol. The third-order valence-electron chi connectivity index (χ3n) is 5.71. The number of benzene rings is 1. The highest BCUT2D eigenvalue weighted by Gasteiger charge is 2.30. The summed E-state index contributed by atoms with van der Waals surface area (Å²) in [5.74, 6) is 0. The predicted octanol–water partition coefficient (Wildman–Crippen LogP) is 2.76. The van der Waals surface area contributed by atoms with Crippen LogP contribution in [0.4, 0.5) is 5.69 Å². The summed E-state index contributed by atoms with van der Waals surface area (Å²) >= 11 is 0. The molecule has 0 unspecified atom stereocenters. The van der Waals surface area contributed by atoms with Gasteiger partial charge in [0, 0.05) is 48.6 Å². The molecule has 1 aromatic carbocycles. The Hall–Kier alpha value is -3.64. The number of aromatic amines is 1. The van der Waals surface area contributed by atoms with Gasteiger partial charge in [0.05, 0.1) is 27.8 Å². The number of fused-ring (bicyclic) bond motifs is 1. The molecule has 3 aromatic heterocycles. The van der Waals surface area contributed by atoms with Crippen molar-refractivity contribution < 1.29 is 13.3 Å². The lowest BCUT2D eigenvalue weighted by atomic mass is 10.1. The van der Waals surface area contributed by atoms with Gasteiger partial charge in [0.1, 0.15) is 12.0 Å². The summed E-state index contributed by atoms with van der Waals surface area (Å²) < 4.78 is 29.1. The molecule has 1 aliphatic rings. The molecule has 1 N–H and O–H groups in total. The first-order chi connectivity index (χ1) is 15.4. The van der Waals surface area contributed by atoms with Gasteiger partial charge in [0.2, 0.25) is 10.0 Å². The Morgan fingerprint density at radius 2 is 1.84 bits per heavy atom. The molecule has 11 nitrogen and oxygen atoms in total. The number of nitrogens with zero attached hydrogens (tertiary/aromatic N) is 6. The number of non-ortho nitro benzene ring substituents is 1. The molecule has 0 atom stereocenters. The Bertz CT molecular complexity index is 1390. The molecule has 0 radical (unpaired) electrons. The molecule has 1 saturated heterocycles. The summed E-state index contributed by atoms with van der Waals surface area (Å²) in [5, 5.41) is 16.2. The van der Waals surface area contributed by atoms with Crippen LogP contribution in [0.25, 0.3) is 22.3 Å². The average Bonchev–Trinajstić information content (AvgIpc) is 3.49. The third kappa shape index (κ3) is 3.52. The number of nitro benzene ring substituents is 1. The summed E-state index contributed by atoms with van der Waals surface area (Å²) in [6.45, 7) is 0.684. The lowest BCUT2D eigenvalue weighted by Gasteiger charge is -2.31. The van der Waals surface area contributed by atoms with Gasteiger partial charge in [-0.1, -0.05) is 0 Å².